The first kappa shape index (κ1) is 14.8. The van der Waals surface area contributed by atoms with Gasteiger partial charge in [0.15, 0.2) is 0 Å². The van der Waals surface area contributed by atoms with Crippen molar-refractivity contribution in [2.24, 2.45) is 0 Å². The molecule has 2 rings (SSSR count). The van der Waals surface area contributed by atoms with Crippen molar-refractivity contribution in [3.63, 3.8) is 0 Å². The maximum absolute atomic E-state index is 12.1. The Labute approximate surface area is 121 Å². The van der Waals surface area contributed by atoms with E-state index in [4.69, 9.17) is 5.11 Å². The number of aliphatic hydroxyl groups is 1. The van der Waals surface area contributed by atoms with Crippen LogP contribution >= 0.6 is 0 Å². The quantitative estimate of drug-likeness (QED) is 0.791. The first-order chi connectivity index (χ1) is 10.0. The van der Waals surface area contributed by atoms with Gasteiger partial charge in [0.05, 0.1) is 6.54 Å². The number of aliphatic hydroxyl groups excluding tert-OH is 1. The molecule has 0 spiro atoms. The normalized spacial score (nSPS) is 10.0. The molecule has 1 aromatic heterocycles. The van der Waals surface area contributed by atoms with E-state index >= 15 is 0 Å². The topological polar surface area (TPSA) is 75.1 Å². The fraction of sp³-hybridized carbons (Fsp3) is 0.250. The lowest BCUT2D eigenvalue weighted by Crippen LogP contribution is -2.33. The van der Waals surface area contributed by atoms with Crippen molar-refractivity contribution in [1.82, 2.24) is 9.78 Å². The molecule has 0 saturated carbocycles. The van der Waals surface area contributed by atoms with Gasteiger partial charge in [-0.25, -0.2) is 4.68 Å². The lowest BCUT2D eigenvalue weighted by Gasteiger charge is -2.08. The Balaban J connectivity index is 2.31. The predicted molar refractivity (Wildman–Crippen MR) is 80.3 cm³/mol. The zero-order valence-corrected chi connectivity index (χ0v) is 11.9. The van der Waals surface area contributed by atoms with Gasteiger partial charge in [-0.05, 0) is 31.5 Å². The number of aromatic amines is 1. The van der Waals surface area contributed by atoms with Gasteiger partial charge >= 0.3 is 0 Å². The molecule has 108 valence electrons. The maximum Gasteiger partial charge on any atom is 0.268 e. The summed E-state index contributed by atoms with van der Waals surface area (Å²) in [5.41, 5.74) is 2.13. The van der Waals surface area contributed by atoms with Crippen LogP contribution in [0.3, 0.4) is 0 Å². The molecule has 0 bridgehead atoms. The van der Waals surface area contributed by atoms with Crippen molar-refractivity contribution < 1.29 is 5.11 Å². The highest BCUT2D eigenvalue weighted by Gasteiger charge is 2.07. The maximum atomic E-state index is 12.1. The number of hydrogen-bond acceptors (Lipinski definition) is 3. The first-order valence-corrected chi connectivity index (χ1v) is 6.52. The third-order valence-corrected chi connectivity index (χ3v) is 3.31. The van der Waals surface area contributed by atoms with Crippen molar-refractivity contribution >= 4 is 0 Å². The molecule has 0 aliphatic carbocycles. The number of benzene rings is 1. The number of rotatable bonds is 2. The van der Waals surface area contributed by atoms with Crippen LogP contribution in [0, 0.1) is 25.7 Å². The highest BCUT2D eigenvalue weighted by molar-refractivity contribution is 5.36. The molecule has 0 unspecified atom stereocenters. The number of aromatic nitrogens is 2. The fourth-order valence-corrected chi connectivity index (χ4v) is 1.92. The van der Waals surface area contributed by atoms with Crippen LogP contribution in [0.15, 0.2) is 33.9 Å². The summed E-state index contributed by atoms with van der Waals surface area (Å²) >= 11 is 0. The van der Waals surface area contributed by atoms with E-state index in [0.29, 0.717) is 17.7 Å². The minimum atomic E-state index is -0.252. The number of H-pyrrole nitrogens is 1. The van der Waals surface area contributed by atoms with E-state index < -0.39 is 0 Å². The van der Waals surface area contributed by atoms with E-state index in [1.165, 1.54) is 4.68 Å². The Morgan fingerprint density at radius 2 is 1.81 bits per heavy atom. The molecule has 21 heavy (non-hydrogen) atoms. The largest absolute Gasteiger partial charge is 0.384 e. The standard InChI is InChI=1S/C16H16N2O3/c1-11-12(2)16(21)18(17-15(11)20)10-14-7-5-13(6-8-14)4-3-9-19/h5-8,19H,9-10H2,1-2H3,(H,17,20). The van der Waals surface area contributed by atoms with Crippen molar-refractivity contribution in [2.75, 3.05) is 6.61 Å². The monoisotopic (exact) mass is 284 g/mol. The zero-order chi connectivity index (χ0) is 15.4. The van der Waals surface area contributed by atoms with E-state index in [1.807, 2.05) is 24.3 Å². The Kier molecular flexibility index (Phi) is 4.41. The molecule has 2 aromatic rings. The summed E-state index contributed by atoms with van der Waals surface area (Å²) in [5.74, 6) is 5.36. The van der Waals surface area contributed by atoms with Crippen molar-refractivity contribution in [2.45, 2.75) is 20.4 Å². The molecule has 0 fully saturated rings. The van der Waals surface area contributed by atoms with Gasteiger partial charge in [-0.1, -0.05) is 24.0 Å². The van der Waals surface area contributed by atoms with Gasteiger partial charge < -0.3 is 5.11 Å². The van der Waals surface area contributed by atoms with Gasteiger partial charge in [-0.15, -0.1) is 0 Å². The molecule has 0 amide bonds. The number of nitrogens with one attached hydrogen (secondary N) is 1. The van der Waals surface area contributed by atoms with E-state index in [9.17, 15) is 9.59 Å². The lowest BCUT2D eigenvalue weighted by molar-refractivity contribution is 0.350. The molecule has 1 aromatic carbocycles. The molecule has 5 nitrogen and oxygen atoms in total. The Morgan fingerprint density at radius 3 is 2.43 bits per heavy atom. The minimum Gasteiger partial charge on any atom is -0.384 e. The van der Waals surface area contributed by atoms with Crippen molar-refractivity contribution in [3.05, 3.63) is 67.2 Å². The molecular formula is C16H16N2O3. The first-order valence-electron chi connectivity index (χ1n) is 6.52. The molecule has 0 aliphatic heterocycles. The van der Waals surface area contributed by atoms with E-state index in [0.717, 1.165) is 11.1 Å². The fourth-order valence-electron chi connectivity index (χ4n) is 1.92. The summed E-state index contributed by atoms with van der Waals surface area (Å²) in [4.78, 5) is 23.8. The summed E-state index contributed by atoms with van der Waals surface area (Å²) in [6.07, 6.45) is 0. The third kappa shape index (κ3) is 3.30. The van der Waals surface area contributed by atoms with Crippen molar-refractivity contribution in [3.8, 4) is 11.8 Å². The van der Waals surface area contributed by atoms with E-state index in [-0.39, 0.29) is 17.7 Å². The second-order valence-corrected chi connectivity index (χ2v) is 4.74. The average Bonchev–Trinajstić information content (AvgIpc) is 2.50. The zero-order valence-electron chi connectivity index (χ0n) is 11.9. The third-order valence-electron chi connectivity index (χ3n) is 3.31. The summed E-state index contributed by atoms with van der Waals surface area (Å²) in [6.45, 7) is 3.40. The Hall–Kier alpha value is -2.58. The summed E-state index contributed by atoms with van der Waals surface area (Å²) in [6, 6.07) is 7.28. The number of nitrogens with zero attached hydrogens (tertiary/aromatic N) is 1. The second kappa shape index (κ2) is 6.25. The molecule has 0 saturated heterocycles. The van der Waals surface area contributed by atoms with Gasteiger partial charge in [-0.3, -0.25) is 14.7 Å². The van der Waals surface area contributed by atoms with E-state index in [2.05, 4.69) is 16.9 Å². The van der Waals surface area contributed by atoms with Crippen LogP contribution in [0.25, 0.3) is 0 Å². The van der Waals surface area contributed by atoms with Gasteiger partial charge in [0.2, 0.25) is 0 Å². The summed E-state index contributed by atoms with van der Waals surface area (Å²) < 4.78 is 1.30. The van der Waals surface area contributed by atoms with Crippen LogP contribution in [-0.4, -0.2) is 21.5 Å². The molecular weight excluding hydrogens is 268 g/mol. The molecule has 2 N–H and O–H groups in total. The van der Waals surface area contributed by atoms with Crippen LogP contribution in [0.2, 0.25) is 0 Å². The van der Waals surface area contributed by atoms with Crippen LogP contribution in [-0.2, 0) is 6.54 Å². The van der Waals surface area contributed by atoms with Crippen LogP contribution in [0.1, 0.15) is 22.3 Å². The summed E-state index contributed by atoms with van der Waals surface area (Å²) in [7, 11) is 0. The molecule has 0 radical (unpaired) electrons. The van der Waals surface area contributed by atoms with Crippen LogP contribution in [0.4, 0.5) is 0 Å². The van der Waals surface area contributed by atoms with E-state index in [1.54, 1.807) is 13.8 Å². The minimum absolute atomic E-state index is 0.180. The highest BCUT2D eigenvalue weighted by atomic mass is 16.2. The van der Waals surface area contributed by atoms with Crippen molar-refractivity contribution in [1.29, 1.82) is 0 Å². The average molecular weight is 284 g/mol. The van der Waals surface area contributed by atoms with Crippen LogP contribution < -0.4 is 11.1 Å². The Bertz CT molecular complexity index is 818. The molecule has 0 atom stereocenters. The Morgan fingerprint density at radius 1 is 1.14 bits per heavy atom. The van der Waals surface area contributed by atoms with Gasteiger partial charge in [0, 0.05) is 16.7 Å². The lowest BCUT2D eigenvalue weighted by atomic mass is 10.1. The summed E-state index contributed by atoms with van der Waals surface area (Å²) in [5, 5.41) is 11.2. The second-order valence-electron chi connectivity index (χ2n) is 4.74. The SMILES string of the molecule is Cc1c(C)c(=O)n(Cc2ccc(C#CCO)cc2)[nH]c1=O. The smallest absolute Gasteiger partial charge is 0.268 e. The predicted octanol–water partition coefficient (Wildman–Crippen LogP) is 0.546. The molecule has 1 heterocycles. The van der Waals surface area contributed by atoms with Gasteiger partial charge in [0.25, 0.3) is 11.1 Å². The molecule has 5 heteroatoms. The van der Waals surface area contributed by atoms with Gasteiger partial charge in [-0.2, -0.15) is 0 Å². The highest BCUT2D eigenvalue weighted by Crippen LogP contribution is 2.04. The molecule has 0 aliphatic rings. The number of hydrogen-bond donors (Lipinski definition) is 2. The van der Waals surface area contributed by atoms with Crippen LogP contribution in [0.5, 0.6) is 0 Å². The van der Waals surface area contributed by atoms with Gasteiger partial charge in [0.1, 0.15) is 6.61 Å².